The fourth-order valence-corrected chi connectivity index (χ4v) is 1.47. The average molecular weight is 152 g/mol. The first kappa shape index (κ1) is 8.54. The van der Waals surface area contributed by atoms with Crippen LogP contribution in [0.2, 0.25) is 0 Å². The third-order valence-corrected chi connectivity index (χ3v) is 2.26. The smallest absolute Gasteiger partial charge is 0.0753 e. The maximum atomic E-state index is 9.47. The highest BCUT2D eigenvalue weighted by Gasteiger charge is 2.17. The van der Waals surface area contributed by atoms with Crippen LogP contribution < -0.4 is 0 Å². The van der Waals surface area contributed by atoms with Gasteiger partial charge in [0.15, 0.2) is 0 Å². The second-order valence-electron chi connectivity index (χ2n) is 3.22. The molecule has 1 nitrogen and oxygen atoms in total. The fraction of sp³-hybridized carbons (Fsp3) is 0.600. The largest absolute Gasteiger partial charge is 0.389 e. The van der Waals surface area contributed by atoms with Crippen LogP contribution in [-0.4, -0.2) is 11.2 Å². The summed E-state index contributed by atoms with van der Waals surface area (Å²) in [6.07, 6.45) is 8.15. The van der Waals surface area contributed by atoms with E-state index < -0.39 is 0 Å². The SMILES string of the molecule is CC=CC1CC=C(C)C(O)C1. The van der Waals surface area contributed by atoms with Crippen molar-refractivity contribution in [2.75, 3.05) is 0 Å². The molecular weight excluding hydrogens is 136 g/mol. The zero-order valence-electron chi connectivity index (χ0n) is 7.25. The van der Waals surface area contributed by atoms with Crippen molar-refractivity contribution in [3.8, 4) is 0 Å². The van der Waals surface area contributed by atoms with E-state index in [1.54, 1.807) is 0 Å². The first-order valence-corrected chi connectivity index (χ1v) is 4.21. The molecule has 11 heavy (non-hydrogen) atoms. The Morgan fingerprint density at radius 3 is 2.91 bits per heavy atom. The molecule has 1 rings (SSSR count). The molecule has 62 valence electrons. The van der Waals surface area contributed by atoms with Gasteiger partial charge >= 0.3 is 0 Å². The summed E-state index contributed by atoms with van der Waals surface area (Å²) < 4.78 is 0. The summed E-state index contributed by atoms with van der Waals surface area (Å²) in [7, 11) is 0. The summed E-state index contributed by atoms with van der Waals surface area (Å²) in [4.78, 5) is 0. The molecule has 0 fully saturated rings. The molecule has 1 N–H and O–H groups in total. The zero-order valence-corrected chi connectivity index (χ0v) is 7.25. The molecule has 1 heteroatoms. The molecule has 0 radical (unpaired) electrons. The van der Waals surface area contributed by atoms with Crippen molar-refractivity contribution >= 4 is 0 Å². The predicted molar refractivity (Wildman–Crippen MR) is 47.3 cm³/mol. The lowest BCUT2D eigenvalue weighted by Crippen LogP contribution is -2.17. The summed E-state index contributed by atoms with van der Waals surface area (Å²) in [6, 6.07) is 0. The molecule has 1 aliphatic rings. The second kappa shape index (κ2) is 3.72. The van der Waals surface area contributed by atoms with E-state index in [1.165, 1.54) is 0 Å². The minimum atomic E-state index is -0.204. The van der Waals surface area contributed by atoms with Crippen molar-refractivity contribution < 1.29 is 5.11 Å². The number of rotatable bonds is 1. The normalized spacial score (nSPS) is 32.5. The van der Waals surface area contributed by atoms with Crippen LogP contribution in [0.3, 0.4) is 0 Å². The highest BCUT2D eigenvalue weighted by Crippen LogP contribution is 2.24. The van der Waals surface area contributed by atoms with Crippen LogP contribution >= 0.6 is 0 Å². The van der Waals surface area contributed by atoms with Crippen molar-refractivity contribution in [1.29, 1.82) is 0 Å². The van der Waals surface area contributed by atoms with Crippen molar-refractivity contribution in [2.45, 2.75) is 32.8 Å². The molecule has 0 spiro atoms. The summed E-state index contributed by atoms with van der Waals surface area (Å²) >= 11 is 0. The van der Waals surface area contributed by atoms with Gasteiger partial charge in [-0.1, -0.05) is 18.2 Å². The van der Waals surface area contributed by atoms with Gasteiger partial charge in [0.1, 0.15) is 0 Å². The Hall–Kier alpha value is -0.560. The first-order chi connectivity index (χ1) is 5.24. The highest BCUT2D eigenvalue weighted by atomic mass is 16.3. The van der Waals surface area contributed by atoms with Gasteiger partial charge < -0.3 is 5.11 Å². The van der Waals surface area contributed by atoms with E-state index in [4.69, 9.17) is 0 Å². The van der Waals surface area contributed by atoms with Crippen LogP contribution in [0.25, 0.3) is 0 Å². The molecule has 0 aromatic carbocycles. The lowest BCUT2D eigenvalue weighted by atomic mass is 9.88. The van der Waals surface area contributed by atoms with Gasteiger partial charge in [-0.05, 0) is 38.2 Å². The van der Waals surface area contributed by atoms with E-state index >= 15 is 0 Å². The Labute approximate surface area is 68.4 Å². The Kier molecular flexibility index (Phi) is 2.89. The van der Waals surface area contributed by atoms with Gasteiger partial charge in [-0.3, -0.25) is 0 Å². The van der Waals surface area contributed by atoms with E-state index in [2.05, 4.69) is 18.2 Å². The van der Waals surface area contributed by atoms with Gasteiger partial charge in [0.25, 0.3) is 0 Å². The van der Waals surface area contributed by atoms with Gasteiger partial charge in [0.2, 0.25) is 0 Å². The predicted octanol–water partition coefficient (Wildman–Crippen LogP) is 2.28. The molecule has 1 aliphatic carbocycles. The lowest BCUT2D eigenvalue weighted by Gasteiger charge is -2.22. The Morgan fingerprint density at radius 1 is 1.64 bits per heavy atom. The summed E-state index contributed by atoms with van der Waals surface area (Å²) in [5, 5.41) is 9.47. The quantitative estimate of drug-likeness (QED) is 0.571. The Bertz CT molecular complexity index is 179. The summed E-state index contributed by atoms with van der Waals surface area (Å²) in [6.45, 7) is 4.02. The number of hydrogen-bond donors (Lipinski definition) is 1. The molecule has 2 atom stereocenters. The Balaban J connectivity index is 2.55. The molecule has 0 saturated carbocycles. The monoisotopic (exact) mass is 152 g/mol. The number of allylic oxidation sites excluding steroid dienone is 3. The minimum absolute atomic E-state index is 0.204. The molecular formula is C10H16O. The van der Waals surface area contributed by atoms with Crippen LogP contribution in [0.5, 0.6) is 0 Å². The summed E-state index contributed by atoms with van der Waals surface area (Å²) in [5.41, 5.74) is 1.13. The van der Waals surface area contributed by atoms with Crippen molar-refractivity contribution in [2.24, 2.45) is 5.92 Å². The maximum absolute atomic E-state index is 9.47. The second-order valence-corrected chi connectivity index (χ2v) is 3.22. The van der Waals surface area contributed by atoms with Crippen molar-refractivity contribution in [1.82, 2.24) is 0 Å². The van der Waals surface area contributed by atoms with Crippen LogP contribution in [0.4, 0.5) is 0 Å². The van der Waals surface area contributed by atoms with Crippen molar-refractivity contribution in [3.63, 3.8) is 0 Å². The molecule has 0 bridgehead atoms. The summed E-state index contributed by atoms with van der Waals surface area (Å²) in [5.74, 6) is 0.554. The molecule has 0 aromatic heterocycles. The third-order valence-electron chi connectivity index (χ3n) is 2.26. The third kappa shape index (κ3) is 2.19. The zero-order chi connectivity index (χ0) is 8.27. The van der Waals surface area contributed by atoms with Crippen LogP contribution in [0.15, 0.2) is 23.8 Å². The highest BCUT2D eigenvalue weighted by molar-refractivity contribution is 5.11. The fourth-order valence-electron chi connectivity index (χ4n) is 1.47. The van der Waals surface area contributed by atoms with E-state index in [0.717, 1.165) is 18.4 Å². The average Bonchev–Trinajstić information content (AvgIpc) is 1.98. The van der Waals surface area contributed by atoms with Crippen LogP contribution in [0, 0.1) is 5.92 Å². The lowest BCUT2D eigenvalue weighted by molar-refractivity contribution is 0.177. The van der Waals surface area contributed by atoms with Gasteiger partial charge in [0, 0.05) is 0 Å². The van der Waals surface area contributed by atoms with E-state index in [-0.39, 0.29) is 6.10 Å². The van der Waals surface area contributed by atoms with Crippen molar-refractivity contribution in [3.05, 3.63) is 23.8 Å². The van der Waals surface area contributed by atoms with Crippen LogP contribution in [0.1, 0.15) is 26.7 Å². The van der Waals surface area contributed by atoms with E-state index in [0.29, 0.717) is 5.92 Å². The van der Waals surface area contributed by atoms with E-state index in [1.807, 2.05) is 13.8 Å². The number of aliphatic hydroxyl groups is 1. The number of aliphatic hydroxyl groups excluding tert-OH is 1. The molecule has 2 unspecified atom stereocenters. The van der Waals surface area contributed by atoms with Gasteiger partial charge in [-0.25, -0.2) is 0 Å². The Morgan fingerprint density at radius 2 is 2.36 bits per heavy atom. The van der Waals surface area contributed by atoms with E-state index in [9.17, 15) is 5.11 Å². The molecule has 0 aromatic rings. The molecule has 0 saturated heterocycles. The van der Waals surface area contributed by atoms with Crippen LogP contribution in [-0.2, 0) is 0 Å². The standard InChI is InChI=1S/C10H16O/c1-3-4-9-6-5-8(2)10(11)7-9/h3-5,9-11H,6-7H2,1-2H3. The first-order valence-electron chi connectivity index (χ1n) is 4.21. The van der Waals surface area contributed by atoms with Gasteiger partial charge in [0.05, 0.1) is 6.10 Å². The number of hydrogen-bond acceptors (Lipinski definition) is 1. The topological polar surface area (TPSA) is 20.2 Å². The van der Waals surface area contributed by atoms with Gasteiger partial charge in [-0.2, -0.15) is 0 Å². The molecule has 0 heterocycles. The van der Waals surface area contributed by atoms with Gasteiger partial charge in [-0.15, -0.1) is 0 Å². The molecule has 0 amide bonds. The molecule has 0 aliphatic heterocycles. The minimum Gasteiger partial charge on any atom is -0.389 e. The maximum Gasteiger partial charge on any atom is 0.0753 e.